The predicted molar refractivity (Wildman–Crippen MR) is 32.8 cm³/mol. The summed E-state index contributed by atoms with van der Waals surface area (Å²) in [6, 6.07) is 3.56. The molecule has 1 aromatic rings. The monoisotopic (exact) mass is 165 g/mol. The number of carbonyl (C=O) groups is 1. The third kappa shape index (κ3) is 3.53. The van der Waals surface area contributed by atoms with Gasteiger partial charge in [0.15, 0.2) is 0 Å². The molecular formula is C6H8KNO2. The molecule has 0 saturated heterocycles. The second-order valence-electron chi connectivity index (χ2n) is 1.63. The van der Waals surface area contributed by atoms with Crippen LogP contribution in [-0.2, 0) is 4.79 Å². The summed E-state index contributed by atoms with van der Waals surface area (Å²) in [6.07, 6.45) is 3.31. The van der Waals surface area contributed by atoms with Gasteiger partial charge in [-0.3, -0.25) is 0 Å². The summed E-state index contributed by atoms with van der Waals surface area (Å²) >= 11 is 0. The Kier molecular flexibility index (Phi) is 5.29. The second kappa shape index (κ2) is 5.09. The van der Waals surface area contributed by atoms with Gasteiger partial charge >= 0.3 is 57.4 Å². The van der Waals surface area contributed by atoms with E-state index in [9.17, 15) is 4.79 Å². The van der Waals surface area contributed by atoms with Crippen LogP contribution in [-0.4, -0.2) is 10.7 Å². The van der Waals surface area contributed by atoms with E-state index in [-0.39, 0.29) is 58.8 Å². The minimum absolute atomic E-state index is 0. The summed E-state index contributed by atoms with van der Waals surface area (Å²) in [5.41, 5.74) is 0. The number of hydrogen-bond acceptors (Lipinski definition) is 2. The van der Waals surface area contributed by atoms with Crippen molar-refractivity contribution in [2.24, 2.45) is 0 Å². The molecule has 4 heteroatoms. The normalized spacial score (nSPS) is 8.10. The largest absolute Gasteiger partial charge is 1.00 e. The Bertz CT molecular complexity index is 200. The number of hydrogen-bond donors (Lipinski definition) is 0. The Morgan fingerprint density at radius 3 is 2.40 bits per heavy atom. The number of rotatable bonds is 1. The Morgan fingerprint density at radius 2 is 2.00 bits per heavy atom. The number of carbonyl (C=O) groups excluding carboxylic acids is 1. The molecule has 0 radical (unpaired) electrons. The van der Waals surface area contributed by atoms with E-state index in [1.807, 2.05) is 0 Å². The first-order valence-electron chi connectivity index (χ1n) is 2.61. The topological polar surface area (TPSA) is 31.2 Å². The molecule has 0 spiro atoms. The van der Waals surface area contributed by atoms with Crippen LogP contribution in [0.15, 0.2) is 24.5 Å². The molecule has 0 saturated carbocycles. The fourth-order valence-corrected chi connectivity index (χ4v) is 0.528. The molecule has 10 heavy (non-hydrogen) atoms. The van der Waals surface area contributed by atoms with Crippen molar-refractivity contribution in [1.82, 2.24) is 4.73 Å². The fourth-order valence-electron chi connectivity index (χ4n) is 0.528. The van der Waals surface area contributed by atoms with Crippen LogP contribution in [0, 0.1) is 0 Å². The van der Waals surface area contributed by atoms with Gasteiger partial charge in [-0.25, -0.2) is 4.79 Å². The molecule has 50 valence electrons. The standard InChI is InChI=1S/C6H7NO2.K.H/c1-6(8)9-7-4-2-3-5-7;;/h2-5H,1H3;;/q;+1;-1. The molecule has 0 aliphatic rings. The first kappa shape index (κ1) is 10.4. The third-order valence-corrected chi connectivity index (χ3v) is 0.811. The number of nitrogens with zero attached hydrogens (tertiary/aromatic N) is 1. The van der Waals surface area contributed by atoms with E-state index < -0.39 is 0 Å². The fraction of sp³-hybridized carbons (Fsp3) is 0.167. The molecule has 0 N–H and O–H groups in total. The van der Waals surface area contributed by atoms with Crippen molar-refractivity contribution in [3.63, 3.8) is 0 Å². The summed E-state index contributed by atoms with van der Waals surface area (Å²) in [5.74, 6) is -0.314. The number of aromatic nitrogens is 1. The first-order chi connectivity index (χ1) is 4.29. The van der Waals surface area contributed by atoms with Crippen molar-refractivity contribution in [2.75, 3.05) is 0 Å². The molecule has 0 aromatic carbocycles. The van der Waals surface area contributed by atoms with Crippen LogP contribution in [0.5, 0.6) is 0 Å². The minimum atomic E-state index is -0.314. The summed E-state index contributed by atoms with van der Waals surface area (Å²) < 4.78 is 1.35. The summed E-state index contributed by atoms with van der Waals surface area (Å²) in [4.78, 5) is 14.9. The third-order valence-electron chi connectivity index (χ3n) is 0.811. The van der Waals surface area contributed by atoms with Crippen LogP contribution >= 0.6 is 0 Å². The molecule has 3 nitrogen and oxygen atoms in total. The van der Waals surface area contributed by atoms with Crippen molar-refractivity contribution < 1.29 is 62.4 Å². The summed E-state index contributed by atoms with van der Waals surface area (Å²) in [5, 5.41) is 0. The van der Waals surface area contributed by atoms with E-state index in [4.69, 9.17) is 0 Å². The Morgan fingerprint density at radius 1 is 1.50 bits per heavy atom. The minimum Gasteiger partial charge on any atom is -1.00 e. The zero-order chi connectivity index (χ0) is 6.69. The maximum absolute atomic E-state index is 10.3. The average Bonchev–Trinajstić information content (AvgIpc) is 2.15. The molecule has 1 rings (SSSR count). The average molecular weight is 165 g/mol. The van der Waals surface area contributed by atoms with E-state index >= 15 is 0 Å². The van der Waals surface area contributed by atoms with Crippen LogP contribution in [0.1, 0.15) is 8.35 Å². The van der Waals surface area contributed by atoms with E-state index in [1.54, 1.807) is 24.5 Å². The van der Waals surface area contributed by atoms with Gasteiger partial charge in [0.25, 0.3) is 0 Å². The van der Waals surface area contributed by atoms with Gasteiger partial charge in [0.2, 0.25) is 0 Å². The molecule has 1 heterocycles. The van der Waals surface area contributed by atoms with Crippen LogP contribution in [0.4, 0.5) is 0 Å². The summed E-state index contributed by atoms with van der Waals surface area (Å²) in [6.45, 7) is 1.36. The van der Waals surface area contributed by atoms with Crippen molar-refractivity contribution in [3.8, 4) is 0 Å². The van der Waals surface area contributed by atoms with Crippen LogP contribution in [0.3, 0.4) is 0 Å². The predicted octanol–water partition coefficient (Wildman–Crippen LogP) is -2.42. The van der Waals surface area contributed by atoms with Gasteiger partial charge in [0.1, 0.15) is 0 Å². The molecule has 0 bridgehead atoms. The van der Waals surface area contributed by atoms with Crippen LogP contribution in [0.25, 0.3) is 0 Å². The van der Waals surface area contributed by atoms with E-state index in [0.717, 1.165) is 0 Å². The van der Waals surface area contributed by atoms with Crippen molar-refractivity contribution in [1.29, 1.82) is 0 Å². The molecule has 0 amide bonds. The second-order valence-corrected chi connectivity index (χ2v) is 1.63. The van der Waals surface area contributed by atoms with Gasteiger partial charge in [-0.15, -0.1) is 0 Å². The van der Waals surface area contributed by atoms with Gasteiger partial charge in [-0.05, 0) is 12.1 Å². The van der Waals surface area contributed by atoms with Gasteiger partial charge in [0.05, 0.1) is 0 Å². The van der Waals surface area contributed by atoms with Crippen molar-refractivity contribution >= 4 is 5.97 Å². The van der Waals surface area contributed by atoms with Gasteiger partial charge in [-0.2, -0.15) is 4.73 Å². The van der Waals surface area contributed by atoms with Crippen LogP contribution < -0.4 is 56.2 Å². The molecule has 1 aromatic heterocycles. The first-order valence-corrected chi connectivity index (χ1v) is 2.61. The molecule has 0 fully saturated rings. The van der Waals surface area contributed by atoms with E-state index in [2.05, 4.69) is 4.84 Å². The van der Waals surface area contributed by atoms with Gasteiger partial charge in [-0.1, -0.05) is 0 Å². The zero-order valence-corrected chi connectivity index (χ0v) is 9.20. The molecule has 0 aliphatic heterocycles. The smallest absolute Gasteiger partial charge is 1.00 e. The van der Waals surface area contributed by atoms with Gasteiger partial charge < -0.3 is 6.26 Å². The Labute approximate surface area is 103 Å². The Hall–Kier alpha value is 0.386. The van der Waals surface area contributed by atoms with Crippen molar-refractivity contribution in [2.45, 2.75) is 6.92 Å². The molecular weight excluding hydrogens is 157 g/mol. The SMILES string of the molecule is CC(=O)On1cccc1.[H-].[K+]. The summed E-state index contributed by atoms with van der Waals surface area (Å²) in [7, 11) is 0. The van der Waals surface area contributed by atoms with E-state index in [1.165, 1.54) is 11.7 Å². The Balaban J connectivity index is 0. The zero-order valence-electron chi connectivity index (χ0n) is 7.07. The maximum atomic E-state index is 10.3. The van der Waals surface area contributed by atoms with Crippen LogP contribution in [0.2, 0.25) is 0 Å². The molecule has 0 unspecified atom stereocenters. The van der Waals surface area contributed by atoms with Crippen molar-refractivity contribution in [3.05, 3.63) is 24.5 Å². The molecule has 0 atom stereocenters. The maximum Gasteiger partial charge on any atom is 1.00 e. The molecule has 0 aliphatic carbocycles. The van der Waals surface area contributed by atoms with E-state index in [0.29, 0.717) is 0 Å². The van der Waals surface area contributed by atoms with Gasteiger partial charge in [0, 0.05) is 19.3 Å². The quantitative estimate of drug-likeness (QED) is 0.434.